The molecule has 7 heteroatoms. The highest BCUT2D eigenvalue weighted by atomic mass is 127. The second kappa shape index (κ2) is 11.9. The van der Waals surface area contributed by atoms with Crippen LogP contribution in [-0.2, 0) is 4.79 Å². The number of rotatable bonds is 6. The normalized spacial score (nSPS) is 22.2. The van der Waals surface area contributed by atoms with Crippen molar-refractivity contribution < 1.29 is 4.79 Å². The zero-order chi connectivity index (χ0) is 16.5. The number of hydrogen-bond donors (Lipinski definition) is 2. The lowest BCUT2D eigenvalue weighted by molar-refractivity contribution is -0.128. The van der Waals surface area contributed by atoms with E-state index >= 15 is 0 Å². The number of carbonyl (C=O) groups excluding carboxylic acids is 1. The number of amides is 1. The summed E-state index contributed by atoms with van der Waals surface area (Å²) in [5, 5.41) is 6.68. The minimum absolute atomic E-state index is 0. The molecule has 1 atom stereocenters. The number of piperidine rings is 1. The van der Waals surface area contributed by atoms with E-state index < -0.39 is 0 Å². The van der Waals surface area contributed by atoms with E-state index in [0.717, 1.165) is 51.5 Å². The number of likely N-dealkylation sites (N-methyl/N-ethyl adjacent to an activating group) is 1. The molecule has 0 aromatic carbocycles. The Labute approximate surface area is 163 Å². The predicted octanol–water partition coefficient (Wildman–Crippen LogP) is 1.66. The highest BCUT2D eigenvalue weighted by Gasteiger charge is 2.21. The first kappa shape index (κ1) is 21.5. The number of likely N-dealkylation sites (tertiary alicyclic amines) is 2. The van der Waals surface area contributed by atoms with Crippen LogP contribution in [0.15, 0.2) is 4.99 Å². The van der Waals surface area contributed by atoms with Crippen molar-refractivity contribution in [2.45, 2.75) is 52.0 Å². The Bertz CT molecular complexity index is 398. The van der Waals surface area contributed by atoms with Crippen LogP contribution in [0.1, 0.15) is 46.0 Å². The molecule has 0 aliphatic carbocycles. The van der Waals surface area contributed by atoms with E-state index in [1.807, 2.05) is 4.90 Å². The van der Waals surface area contributed by atoms with Crippen LogP contribution >= 0.6 is 24.0 Å². The molecule has 0 saturated carbocycles. The molecule has 6 nitrogen and oxygen atoms in total. The lowest BCUT2D eigenvalue weighted by Gasteiger charge is -2.35. The summed E-state index contributed by atoms with van der Waals surface area (Å²) in [6.07, 6.45) is 6.12. The Morgan fingerprint density at radius 3 is 2.46 bits per heavy atom. The largest absolute Gasteiger partial charge is 0.357 e. The molecule has 2 fully saturated rings. The predicted molar refractivity (Wildman–Crippen MR) is 110 cm³/mol. The summed E-state index contributed by atoms with van der Waals surface area (Å²) in [6, 6.07) is 0.576. The summed E-state index contributed by atoms with van der Waals surface area (Å²) < 4.78 is 0. The standard InChI is InChI=1S/C17H33N5O.HI/c1-3-18-17(20-14-16(23)22-11-7-8-12-22)19-13-15-9-5-6-10-21(15)4-2;/h15H,3-14H2,1-2H3,(H2,18,19,20);1H. The first-order valence-electron chi connectivity index (χ1n) is 9.28. The number of nitrogens with one attached hydrogen (secondary N) is 2. The van der Waals surface area contributed by atoms with Crippen molar-refractivity contribution in [1.82, 2.24) is 20.4 Å². The van der Waals surface area contributed by atoms with Gasteiger partial charge >= 0.3 is 0 Å². The molecule has 24 heavy (non-hydrogen) atoms. The summed E-state index contributed by atoms with van der Waals surface area (Å²) in [5.74, 6) is 0.911. The third-order valence-corrected chi connectivity index (χ3v) is 4.84. The minimum atomic E-state index is 0. The topological polar surface area (TPSA) is 60.0 Å². The molecule has 0 spiro atoms. The van der Waals surface area contributed by atoms with Crippen LogP contribution in [0.5, 0.6) is 0 Å². The second-order valence-electron chi connectivity index (χ2n) is 6.44. The Morgan fingerprint density at radius 1 is 1.08 bits per heavy atom. The van der Waals surface area contributed by atoms with E-state index in [4.69, 9.17) is 0 Å². The van der Waals surface area contributed by atoms with Crippen LogP contribution < -0.4 is 10.6 Å². The van der Waals surface area contributed by atoms with Crippen LogP contribution in [-0.4, -0.2) is 73.5 Å². The van der Waals surface area contributed by atoms with E-state index in [0.29, 0.717) is 6.04 Å². The third-order valence-electron chi connectivity index (χ3n) is 4.84. The van der Waals surface area contributed by atoms with Crippen LogP contribution in [0.3, 0.4) is 0 Å². The van der Waals surface area contributed by atoms with E-state index in [1.54, 1.807) is 0 Å². The lowest BCUT2D eigenvalue weighted by atomic mass is 10.0. The monoisotopic (exact) mass is 451 g/mol. The van der Waals surface area contributed by atoms with Gasteiger partial charge in [-0.2, -0.15) is 0 Å². The number of hydrogen-bond acceptors (Lipinski definition) is 3. The van der Waals surface area contributed by atoms with Gasteiger partial charge in [0.15, 0.2) is 5.96 Å². The van der Waals surface area contributed by atoms with Crippen LogP contribution in [0, 0.1) is 0 Å². The fraction of sp³-hybridized carbons (Fsp3) is 0.882. The van der Waals surface area contributed by atoms with Crippen LogP contribution in [0.4, 0.5) is 0 Å². The van der Waals surface area contributed by atoms with Crippen molar-refractivity contribution in [2.24, 2.45) is 4.99 Å². The Morgan fingerprint density at radius 2 is 1.79 bits per heavy atom. The molecule has 2 aliphatic heterocycles. The average Bonchev–Trinajstić information content (AvgIpc) is 3.12. The Hall–Kier alpha value is -0.570. The maximum Gasteiger partial charge on any atom is 0.244 e. The molecule has 0 bridgehead atoms. The van der Waals surface area contributed by atoms with Gasteiger partial charge in [-0.25, -0.2) is 4.99 Å². The van der Waals surface area contributed by atoms with E-state index in [-0.39, 0.29) is 36.4 Å². The average molecular weight is 451 g/mol. The molecule has 2 rings (SSSR count). The van der Waals surface area contributed by atoms with E-state index in [2.05, 4.69) is 34.4 Å². The maximum atomic E-state index is 12.1. The molecule has 1 amide bonds. The van der Waals surface area contributed by atoms with Crippen LogP contribution in [0.2, 0.25) is 0 Å². The minimum Gasteiger partial charge on any atom is -0.357 e. The van der Waals surface area contributed by atoms with Gasteiger partial charge in [-0.05, 0) is 45.7 Å². The van der Waals surface area contributed by atoms with Crippen molar-refractivity contribution in [3.05, 3.63) is 0 Å². The summed E-state index contributed by atoms with van der Waals surface area (Å²) in [5.41, 5.74) is 0. The molecule has 2 aliphatic rings. The molecule has 1 unspecified atom stereocenters. The molecule has 140 valence electrons. The molecule has 2 heterocycles. The Kier molecular flexibility index (Phi) is 10.6. The lowest BCUT2D eigenvalue weighted by Crippen LogP contribution is -2.49. The quantitative estimate of drug-likeness (QED) is 0.367. The molecular weight excluding hydrogens is 417 g/mol. The number of carbonyl (C=O) groups is 1. The Balaban J connectivity index is 0.00000288. The number of guanidine groups is 1. The van der Waals surface area contributed by atoms with E-state index in [9.17, 15) is 4.79 Å². The first-order valence-corrected chi connectivity index (χ1v) is 9.28. The summed E-state index contributed by atoms with van der Waals surface area (Å²) >= 11 is 0. The van der Waals surface area contributed by atoms with Gasteiger partial charge in [0.05, 0.1) is 0 Å². The number of aliphatic imine (C=N–C) groups is 1. The van der Waals surface area contributed by atoms with Gasteiger partial charge < -0.3 is 15.5 Å². The van der Waals surface area contributed by atoms with Gasteiger partial charge in [0, 0.05) is 32.2 Å². The molecule has 0 radical (unpaired) electrons. The maximum absolute atomic E-state index is 12.1. The smallest absolute Gasteiger partial charge is 0.244 e. The fourth-order valence-electron chi connectivity index (χ4n) is 3.48. The summed E-state index contributed by atoms with van der Waals surface area (Å²) in [4.78, 5) is 21.1. The van der Waals surface area contributed by atoms with Gasteiger partial charge in [0.25, 0.3) is 0 Å². The number of halogens is 1. The summed E-state index contributed by atoms with van der Waals surface area (Å²) in [7, 11) is 0. The second-order valence-corrected chi connectivity index (χ2v) is 6.44. The SMILES string of the molecule is CCNC(=NCC(=O)N1CCCC1)NCC1CCCCN1CC.I. The third kappa shape index (κ3) is 6.74. The molecule has 2 saturated heterocycles. The highest BCUT2D eigenvalue weighted by Crippen LogP contribution is 2.15. The highest BCUT2D eigenvalue weighted by molar-refractivity contribution is 14.0. The van der Waals surface area contributed by atoms with Gasteiger partial charge in [-0.3, -0.25) is 9.69 Å². The molecule has 2 N–H and O–H groups in total. The first-order chi connectivity index (χ1) is 11.2. The van der Waals surface area contributed by atoms with Gasteiger partial charge in [0.2, 0.25) is 5.91 Å². The van der Waals surface area contributed by atoms with Gasteiger partial charge in [0.1, 0.15) is 6.54 Å². The molecule has 0 aromatic rings. The summed E-state index contributed by atoms with van der Waals surface area (Å²) in [6.45, 7) is 10.3. The van der Waals surface area contributed by atoms with Crippen molar-refractivity contribution in [1.29, 1.82) is 0 Å². The molecule has 0 aromatic heterocycles. The zero-order valence-corrected chi connectivity index (χ0v) is 17.6. The van der Waals surface area contributed by atoms with Crippen molar-refractivity contribution in [3.8, 4) is 0 Å². The molecular formula is C17H34IN5O. The number of nitrogens with zero attached hydrogens (tertiary/aromatic N) is 3. The van der Waals surface area contributed by atoms with Crippen molar-refractivity contribution in [2.75, 3.05) is 45.8 Å². The van der Waals surface area contributed by atoms with E-state index in [1.165, 1.54) is 25.8 Å². The fourth-order valence-corrected chi connectivity index (χ4v) is 3.48. The van der Waals surface area contributed by atoms with Crippen molar-refractivity contribution in [3.63, 3.8) is 0 Å². The van der Waals surface area contributed by atoms with Crippen LogP contribution in [0.25, 0.3) is 0 Å². The zero-order valence-electron chi connectivity index (χ0n) is 15.2. The van der Waals surface area contributed by atoms with Gasteiger partial charge in [-0.15, -0.1) is 24.0 Å². The van der Waals surface area contributed by atoms with Crippen molar-refractivity contribution >= 4 is 35.8 Å². The van der Waals surface area contributed by atoms with Gasteiger partial charge in [-0.1, -0.05) is 13.3 Å².